The molecular weight excluding hydrogens is 440 g/mol. The highest BCUT2D eigenvalue weighted by atomic mass is 79.9. The maximum atomic E-state index is 12.6. The van der Waals surface area contributed by atoms with Gasteiger partial charge in [0.05, 0.1) is 16.5 Å². The van der Waals surface area contributed by atoms with Gasteiger partial charge in [-0.15, -0.1) is 0 Å². The van der Waals surface area contributed by atoms with Gasteiger partial charge in [-0.2, -0.15) is 0 Å². The van der Waals surface area contributed by atoms with Crippen molar-refractivity contribution >= 4 is 32.8 Å². The van der Waals surface area contributed by atoms with E-state index in [2.05, 4.69) is 20.9 Å². The van der Waals surface area contributed by atoms with Gasteiger partial charge in [0.2, 0.25) is 0 Å². The number of hydrogen-bond acceptors (Lipinski definition) is 6. The van der Waals surface area contributed by atoms with Crippen molar-refractivity contribution in [2.75, 3.05) is 13.2 Å². The molecule has 148 valence electrons. The van der Waals surface area contributed by atoms with E-state index < -0.39 is 5.97 Å². The maximum absolute atomic E-state index is 12.6. The van der Waals surface area contributed by atoms with Crippen LogP contribution in [0.2, 0.25) is 0 Å². The number of fused-ring (bicyclic) bond motifs is 3. The Kier molecular flexibility index (Phi) is 4.50. The molecule has 0 spiro atoms. The molecule has 2 aliphatic rings. The van der Waals surface area contributed by atoms with E-state index >= 15 is 0 Å². The maximum Gasteiger partial charge on any atom is 0.338 e. The lowest BCUT2D eigenvalue weighted by atomic mass is 10.1. The zero-order valence-electron chi connectivity index (χ0n) is 15.4. The van der Waals surface area contributed by atoms with Crippen LogP contribution in [0, 0.1) is 0 Å². The van der Waals surface area contributed by atoms with Crippen LogP contribution in [0.3, 0.4) is 0 Å². The summed E-state index contributed by atoms with van der Waals surface area (Å²) >= 11 is 3.48. The SMILES string of the molecule is O=C(OCc1cc2c(cc1Br)OCCO2)c1ccc2c(=O)n3c(nc2c1)CCC3. The first-order chi connectivity index (χ1) is 14.1. The second-order valence-electron chi connectivity index (χ2n) is 6.98. The molecule has 2 aliphatic heterocycles. The predicted octanol–water partition coefficient (Wildman–Crippen LogP) is 3.23. The third-order valence-electron chi connectivity index (χ3n) is 5.12. The lowest BCUT2D eigenvalue weighted by molar-refractivity contribution is 0.0471. The summed E-state index contributed by atoms with van der Waals surface area (Å²) < 4.78 is 19.1. The molecule has 0 amide bonds. The minimum atomic E-state index is -0.476. The molecule has 7 nitrogen and oxygen atoms in total. The number of carbonyl (C=O) groups is 1. The Morgan fingerprint density at radius 3 is 2.79 bits per heavy atom. The summed E-state index contributed by atoms with van der Waals surface area (Å²) in [6.45, 7) is 1.78. The Balaban J connectivity index is 1.38. The van der Waals surface area contributed by atoms with Gasteiger partial charge in [0.25, 0.3) is 5.56 Å². The van der Waals surface area contributed by atoms with Crippen molar-refractivity contribution < 1.29 is 19.0 Å². The molecule has 5 rings (SSSR count). The molecule has 3 heterocycles. The van der Waals surface area contributed by atoms with Gasteiger partial charge in [-0.05, 0) is 36.8 Å². The Morgan fingerprint density at radius 1 is 1.17 bits per heavy atom. The summed E-state index contributed by atoms with van der Waals surface area (Å²) in [5, 5.41) is 0.516. The smallest absolute Gasteiger partial charge is 0.338 e. The van der Waals surface area contributed by atoms with E-state index in [1.807, 2.05) is 6.07 Å². The van der Waals surface area contributed by atoms with E-state index in [-0.39, 0.29) is 12.2 Å². The third-order valence-corrected chi connectivity index (χ3v) is 5.86. The molecule has 8 heteroatoms. The standard InChI is InChI=1S/C21H17BrN2O5/c22-15-10-18-17(27-6-7-28-18)9-13(15)11-29-21(26)12-3-4-14-16(8-12)23-19-2-1-5-24(19)20(14)25/h3-4,8-10H,1-2,5-7,11H2. The lowest BCUT2D eigenvalue weighted by Gasteiger charge is -2.19. The molecule has 0 saturated carbocycles. The van der Waals surface area contributed by atoms with Crippen LogP contribution in [0.4, 0.5) is 0 Å². The number of rotatable bonds is 3. The normalized spacial score (nSPS) is 14.7. The molecule has 0 fully saturated rings. The van der Waals surface area contributed by atoms with Crippen LogP contribution >= 0.6 is 15.9 Å². The van der Waals surface area contributed by atoms with Crippen molar-refractivity contribution in [1.29, 1.82) is 0 Å². The van der Waals surface area contributed by atoms with Gasteiger partial charge >= 0.3 is 5.97 Å². The number of halogens is 1. The molecule has 0 aliphatic carbocycles. The van der Waals surface area contributed by atoms with Crippen molar-refractivity contribution in [3.63, 3.8) is 0 Å². The summed E-state index contributed by atoms with van der Waals surface area (Å²) in [5.74, 6) is 1.59. The van der Waals surface area contributed by atoms with E-state index in [9.17, 15) is 9.59 Å². The third kappa shape index (κ3) is 3.27. The average molecular weight is 457 g/mol. The fourth-order valence-electron chi connectivity index (χ4n) is 3.65. The van der Waals surface area contributed by atoms with Crippen LogP contribution < -0.4 is 15.0 Å². The minimum Gasteiger partial charge on any atom is -0.486 e. The number of hydrogen-bond donors (Lipinski definition) is 0. The highest BCUT2D eigenvalue weighted by Crippen LogP contribution is 2.35. The molecule has 2 aromatic carbocycles. The fraction of sp³-hybridized carbons (Fsp3) is 0.286. The quantitative estimate of drug-likeness (QED) is 0.562. The van der Waals surface area contributed by atoms with Crippen LogP contribution in [0.25, 0.3) is 10.9 Å². The lowest BCUT2D eigenvalue weighted by Crippen LogP contribution is -2.21. The average Bonchev–Trinajstić information content (AvgIpc) is 3.20. The van der Waals surface area contributed by atoms with Crippen molar-refractivity contribution in [2.24, 2.45) is 0 Å². The molecule has 0 N–H and O–H groups in total. The number of nitrogens with zero attached hydrogens (tertiary/aromatic N) is 2. The molecular formula is C21H17BrN2O5. The van der Waals surface area contributed by atoms with E-state index in [1.54, 1.807) is 28.8 Å². The van der Waals surface area contributed by atoms with Gasteiger partial charge in [-0.25, -0.2) is 9.78 Å². The van der Waals surface area contributed by atoms with E-state index in [1.165, 1.54) is 0 Å². The molecule has 1 aromatic heterocycles. The van der Waals surface area contributed by atoms with Crippen LogP contribution in [0.1, 0.15) is 28.2 Å². The summed E-state index contributed by atoms with van der Waals surface area (Å²) in [6, 6.07) is 8.49. The largest absolute Gasteiger partial charge is 0.486 e. The van der Waals surface area contributed by atoms with Gasteiger partial charge < -0.3 is 14.2 Å². The molecule has 0 radical (unpaired) electrons. The van der Waals surface area contributed by atoms with Gasteiger partial charge in [0, 0.05) is 23.0 Å². The van der Waals surface area contributed by atoms with Crippen molar-refractivity contribution in [3.8, 4) is 11.5 Å². The Hall–Kier alpha value is -2.87. The Bertz CT molecular complexity index is 1200. The van der Waals surface area contributed by atoms with Crippen molar-refractivity contribution in [2.45, 2.75) is 26.0 Å². The number of benzene rings is 2. The molecule has 29 heavy (non-hydrogen) atoms. The van der Waals surface area contributed by atoms with Crippen LogP contribution in [0.5, 0.6) is 11.5 Å². The molecule has 0 bridgehead atoms. The van der Waals surface area contributed by atoms with Gasteiger partial charge in [-0.3, -0.25) is 9.36 Å². The van der Waals surface area contributed by atoms with Crippen LogP contribution in [-0.2, 0) is 24.3 Å². The summed E-state index contributed by atoms with van der Waals surface area (Å²) in [5.41, 5.74) is 1.61. The second kappa shape index (κ2) is 7.18. The monoisotopic (exact) mass is 456 g/mol. The number of carbonyl (C=O) groups excluding carboxylic acids is 1. The van der Waals surface area contributed by atoms with Crippen molar-refractivity contribution in [1.82, 2.24) is 9.55 Å². The molecule has 0 saturated heterocycles. The van der Waals surface area contributed by atoms with Crippen LogP contribution in [-0.4, -0.2) is 28.7 Å². The van der Waals surface area contributed by atoms with E-state index in [0.29, 0.717) is 47.7 Å². The zero-order chi connectivity index (χ0) is 20.0. The minimum absolute atomic E-state index is 0.0531. The Labute approximate surface area is 174 Å². The fourth-order valence-corrected chi connectivity index (χ4v) is 4.09. The van der Waals surface area contributed by atoms with E-state index in [4.69, 9.17) is 14.2 Å². The topological polar surface area (TPSA) is 79.7 Å². The first-order valence-electron chi connectivity index (χ1n) is 9.39. The van der Waals surface area contributed by atoms with Crippen LogP contribution in [0.15, 0.2) is 39.6 Å². The van der Waals surface area contributed by atoms with Gasteiger partial charge in [0.1, 0.15) is 25.6 Å². The summed E-state index contributed by atoms with van der Waals surface area (Å²) in [4.78, 5) is 29.7. The first-order valence-corrected chi connectivity index (χ1v) is 10.2. The highest BCUT2D eigenvalue weighted by Gasteiger charge is 2.19. The number of aromatic nitrogens is 2. The molecule has 3 aromatic rings. The second-order valence-corrected chi connectivity index (χ2v) is 7.84. The number of esters is 1. The summed E-state index contributed by atoms with van der Waals surface area (Å²) in [6.07, 6.45) is 1.69. The highest BCUT2D eigenvalue weighted by molar-refractivity contribution is 9.10. The van der Waals surface area contributed by atoms with Crippen molar-refractivity contribution in [3.05, 3.63) is 62.1 Å². The Morgan fingerprint density at radius 2 is 1.97 bits per heavy atom. The zero-order valence-corrected chi connectivity index (χ0v) is 17.0. The molecule has 0 unspecified atom stereocenters. The summed E-state index contributed by atoms with van der Waals surface area (Å²) in [7, 11) is 0. The number of ether oxygens (including phenoxy) is 3. The molecule has 0 atom stereocenters. The predicted molar refractivity (Wildman–Crippen MR) is 109 cm³/mol. The van der Waals surface area contributed by atoms with Gasteiger partial charge in [0.15, 0.2) is 11.5 Å². The van der Waals surface area contributed by atoms with E-state index in [0.717, 1.165) is 28.7 Å². The van der Waals surface area contributed by atoms with Gasteiger partial charge in [-0.1, -0.05) is 15.9 Å². The number of aryl methyl sites for hydroxylation is 1. The first kappa shape index (κ1) is 18.2.